The fourth-order valence-corrected chi connectivity index (χ4v) is 1.54. The number of halogens is 2. The van der Waals surface area contributed by atoms with Crippen molar-refractivity contribution >= 4 is 34.8 Å². The highest BCUT2D eigenvalue weighted by atomic mass is 35.5. The lowest BCUT2D eigenvalue weighted by Gasteiger charge is -2.08. The molecule has 0 bridgehead atoms. The summed E-state index contributed by atoms with van der Waals surface area (Å²) in [5.74, 6) is -0.180. The van der Waals surface area contributed by atoms with Crippen LogP contribution in [-0.2, 0) is 4.79 Å². The molecule has 0 fully saturated rings. The summed E-state index contributed by atoms with van der Waals surface area (Å²) in [5.41, 5.74) is 1.14. The summed E-state index contributed by atoms with van der Waals surface area (Å²) in [6.45, 7) is 5.11. The van der Waals surface area contributed by atoms with Gasteiger partial charge in [-0.3, -0.25) is 4.79 Å². The second-order valence-electron chi connectivity index (χ2n) is 2.78. The normalized spacial score (nSPS) is 9.64. The summed E-state index contributed by atoms with van der Waals surface area (Å²) in [6.07, 6.45) is 0. The van der Waals surface area contributed by atoms with Crippen molar-refractivity contribution in [2.45, 2.75) is 6.92 Å². The Kier molecular flexibility index (Phi) is 3.55. The Morgan fingerprint density at radius 1 is 1.43 bits per heavy atom. The summed E-state index contributed by atoms with van der Waals surface area (Å²) >= 11 is 11.6. The quantitative estimate of drug-likeness (QED) is 0.830. The molecule has 0 atom stereocenters. The largest absolute Gasteiger partial charge is 0.326 e. The molecule has 2 nitrogen and oxygen atoms in total. The summed E-state index contributed by atoms with van der Waals surface area (Å²) < 4.78 is 0. The molecule has 14 heavy (non-hydrogen) atoms. The van der Waals surface area contributed by atoms with E-state index in [9.17, 15) is 4.79 Å². The van der Waals surface area contributed by atoms with Gasteiger partial charge in [0.05, 0.1) is 5.02 Å². The number of hydrogen-bond acceptors (Lipinski definition) is 1. The zero-order valence-corrected chi connectivity index (χ0v) is 9.12. The highest BCUT2D eigenvalue weighted by Crippen LogP contribution is 2.24. The number of nitrogens with one attached hydrogen (secondary N) is 1. The third kappa shape index (κ3) is 2.76. The van der Waals surface area contributed by atoms with E-state index in [2.05, 4.69) is 11.9 Å². The Hall–Kier alpha value is -0.990. The molecular weight excluding hydrogens is 221 g/mol. The van der Waals surface area contributed by atoms with Crippen LogP contribution in [-0.4, -0.2) is 5.91 Å². The minimum absolute atomic E-state index is 0.180. The first-order valence-corrected chi connectivity index (χ1v) is 4.68. The van der Waals surface area contributed by atoms with Gasteiger partial charge in [0.15, 0.2) is 0 Å². The Morgan fingerprint density at radius 3 is 2.57 bits per heavy atom. The van der Waals surface area contributed by atoms with E-state index in [1.54, 1.807) is 18.2 Å². The lowest BCUT2D eigenvalue weighted by molar-refractivity contribution is -0.117. The summed E-state index contributed by atoms with van der Waals surface area (Å²) in [6, 6.07) is 5.00. The minimum atomic E-state index is -0.180. The summed E-state index contributed by atoms with van der Waals surface area (Å²) in [7, 11) is 0. The lowest BCUT2D eigenvalue weighted by Crippen LogP contribution is -2.17. The molecule has 0 aliphatic rings. The Balaban J connectivity index is 2.96. The molecule has 0 radical (unpaired) electrons. The average Bonchev–Trinajstić information content (AvgIpc) is 2.01. The fourth-order valence-electron chi connectivity index (χ4n) is 1.01. The van der Waals surface area contributed by atoms with E-state index in [0.29, 0.717) is 21.3 Å². The molecule has 1 N–H and O–H groups in total. The van der Waals surface area contributed by atoms with Gasteiger partial charge in [-0.1, -0.05) is 29.8 Å². The van der Waals surface area contributed by atoms with Crippen LogP contribution < -0.4 is 5.32 Å². The lowest BCUT2D eigenvalue weighted by atomic mass is 10.2. The SMILES string of the molecule is C=C(NC(C)=O)c1ccc(Cl)cc1Cl. The van der Waals surface area contributed by atoms with Crippen molar-refractivity contribution in [2.24, 2.45) is 0 Å². The van der Waals surface area contributed by atoms with Crippen molar-refractivity contribution in [3.8, 4) is 0 Å². The van der Waals surface area contributed by atoms with Crippen LogP contribution >= 0.6 is 23.2 Å². The zero-order valence-electron chi connectivity index (χ0n) is 7.60. The predicted octanol–water partition coefficient (Wildman–Crippen LogP) is 3.10. The van der Waals surface area contributed by atoms with E-state index >= 15 is 0 Å². The molecule has 0 aliphatic carbocycles. The fraction of sp³-hybridized carbons (Fsp3) is 0.100. The zero-order chi connectivity index (χ0) is 10.7. The van der Waals surface area contributed by atoms with E-state index in [1.807, 2.05) is 0 Å². The number of amides is 1. The van der Waals surface area contributed by atoms with E-state index in [0.717, 1.165) is 0 Å². The molecule has 74 valence electrons. The van der Waals surface area contributed by atoms with Gasteiger partial charge in [0, 0.05) is 23.2 Å². The molecule has 1 aromatic rings. The molecule has 0 aromatic heterocycles. The number of hydrogen-bond donors (Lipinski definition) is 1. The van der Waals surface area contributed by atoms with Crippen LogP contribution in [0.25, 0.3) is 5.70 Å². The third-order valence-corrected chi connectivity index (χ3v) is 2.13. The first-order valence-electron chi connectivity index (χ1n) is 3.92. The first-order chi connectivity index (χ1) is 6.50. The molecule has 0 aliphatic heterocycles. The second-order valence-corrected chi connectivity index (χ2v) is 3.63. The molecule has 1 amide bonds. The first kappa shape index (κ1) is 11.1. The highest BCUT2D eigenvalue weighted by molar-refractivity contribution is 6.35. The number of rotatable bonds is 2. The van der Waals surface area contributed by atoms with E-state index in [4.69, 9.17) is 23.2 Å². The Labute approximate surface area is 92.5 Å². The van der Waals surface area contributed by atoms with Crippen molar-refractivity contribution in [3.63, 3.8) is 0 Å². The van der Waals surface area contributed by atoms with Gasteiger partial charge in [0.25, 0.3) is 0 Å². The van der Waals surface area contributed by atoms with Gasteiger partial charge < -0.3 is 5.32 Å². The Morgan fingerprint density at radius 2 is 2.07 bits per heavy atom. The van der Waals surface area contributed by atoms with Gasteiger partial charge in [0.2, 0.25) is 5.91 Å². The van der Waals surface area contributed by atoms with Gasteiger partial charge in [-0.15, -0.1) is 0 Å². The summed E-state index contributed by atoms with van der Waals surface area (Å²) in [4.78, 5) is 10.8. The molecule has 1 aromatic carbocycles. The van der Waals surface area contributed by atoms with E-state index in [-0.39, 0.29) is 5.91 Å². The van der Waals surface area contributed by atoms with Gasteiger partial charge in [0.1, 0.15) is 0 Å². The molecule has 0 saturated carbocycles. The minimum Gasteiger partial charge on any atom is -0.326 e. The molecule has 0 heterocycles. The van der Waals surface area contributed by atoms with Gasteiger partial charge >= 0.3 is 0 Å². The maximum Gasteiger partial charge on any atom is 0.221 e. The molecule has 0 spiro atoms. The van der Waals surface area contributed by atoms with Crippen molar-refractivity contribution in [3.05, 3.63) is 40.4 Å². The molecule has 4 heteroatoms. The maximum absolute atomic E-state index is 10.8. The van der Waals surface area contributed by atoms with Crippen molar-refractivity contribution in [1.29, 1.82) is 0 Å². The third-order valence-electron chi connectivity index (χ3n) is 1.58. The van der Waals surface area contributed by atoms with Crippen LogP contribution in [0, 0.1) is 0 Å². The van der Waals surface area contributed by atoms with Crippen LogP contribution in [0.5, 0.6) is 0 Å². The molecule has 1 rings (SSSR count). The highest BCUT2D eigenvalue weighted by Gasteiger charge is 2.05. The second kappa shape index (κ2) is 4.49. The topological polar surface area (TPSA) is 29.1 Å². The molecule has 0 saturated heterocycles. The number of carbonyl (C=O) groups is 1. The van der Waals surface area contributed by atoms with Crippen LogP contribution in [0.2, 0.25) is 10.0 Å². The standard InChI is InChI=1S/C10H9Cl2NO/c1-6(13-7(2)14)9-4-3-8(11)5-10(9)12/h3-5H,1H2,2H3,(H,13,14). The van der Waals surface area contributed by atoms with E-state index < -0.39 is 0 Å². The van der Waals surface area contributed by atoms with Crippen LogP contribution in [0.1, 0.15) is 12.5 Å². The Bertz CT molecular complexity index is 388. The van der Waals surface area contributed by atoms with Gasteiger partial charge in [-0.05, 0) is 18.2 Å². The maximum atomic E-state index is 10.8. The van der Waals surface area contributed by atoms with Crippen LogP contribution in [0.15, 0.2) is 24.8 Å². The van der Waals surface area contributed by atoms with Crippen molar-refractivity contribution < 1.29 is 4.79 Å². The smallest absolute Gasteiger partial charge is 0.221 e. The van der Waals surface area contributed by atoms with Gasteiger partial charge in [-0.2, -0.15) is 0 Å². The number of carbonyl (C=O) groups excluding carboxylic acids is 1. The monoisotopic (exact) mass is 229 g/mol. The van der Waals surface area contributed by atoms with Crippen LogP contribution in [0.3, 0.4) is 0 Å². The summed E-state index contributed by atoms with van der Waals surface area (Å²) in [5, 5.41) is 3.58. The number of benzene rings is 1. The van der Waals surface area contributed by atoms with Gasteiger partial charge in [-0.25, -0.2) is 0 Å². The molecule has 0 unspecified atom stereocenters. The predicted molar refractivity (Wildman–Crippen MR) is 59.3 cm³/mol. The van der Waals surface area contributed by atoms with E-state index in [1.165, 1.54) is 6.92 Å². The van der Waals surface area contributed by atoms with Crippen molar-refractivity contribution in [1.82, 2.24) is 5.32 Å². The van der Waals surface area contributed by atoms with Crippen LogP contribution in [0.4, 0.5) is 0 Å². The van der Waals surface area contributed by atoms with Crippen molar-refractivity contribution in [2.75, 3.05) is 0 Å². The molecular formula is C10H9Cl2NO. The average molecular weight is 230 g/mol.